The maximum absolute atomic E-state index is 9.90. The molecule has 0 aliphatic carbocycles. The van der Waals surface area contributed by atoms with Crippen molar-refractivity contribution in [3.63, 3.8) is 0 Å². The molecule has 1 atom stereocenters. The van der Waals surface area contributed by atoms with Gasteiger partial charge in [-0.25, -0.2) is 0 Å². The lowest BCUT2D eigenvalue weighted by Crippen LogP contribution is -2.39. The molecule has 0 aromatic heterocycles. The zero-order valence-electron chi connectivity index (χ0n) is 19.0. The minimum Gasteiger partial charge on any atom is -0.481 e. The van der Waals surface area contributed by atoms with Gasteiger partial charge in [-0.15, -0.1) is 0 Å². The molecule has 0 aromatic carbocycles. The third-order valence-electron chi connectivity index (χ3n) is 4.73. The largest absolute Gasteiger partial charge is 0.481 e. The molecular formula is C20H39N3O9. The molecule has 0 aromatic rings. The molecule has 3 rings (SSSR count). The lowest BCUT2D eigenvalue weighted by atomic mass is 10.1. The Kier molecular flexibility index (Phi) is 15.0. The van der Waals surface area contributed by atoms with Crippen molar-refractivity contribution in [3.05, 3.63) is 0 Å². The van der Waals surface area contributed by atoms with E-state index >= 15 is 0 Å². The summed E-state index contributed by atoms with van der Waals surface area (Å²) in [5.41, 5.74) is 0. The molecule has 3 aliphatic rings. The second-order valence-corrected chi connectivity index (χ2v) is 7.86. The highest BCUT2D eigenvalue weighted by atomic mass is 16.5. The Labute approximate surface area is 188 Å². The number of hydrogen-bond donors (Lipinski definition) is 6. The number of aliphatic carboxylic acids is 3. The minimum atomic E-state index is -1.90. The fraction of sp³-hybridized carbons (Fsp3) is 0.850. The first-order chi connectivity index (χ1) is 14.9. The van der Waals surface area contributed by atoms with Gasteiger partial charge < -0.3 is 45.3 Å². The summed E-state index contributed by atoms with van der Waals surface area (Å²) in [6.45, 7) is 11.7. The highest BCUT2D eigenvalue weighted by molar-refractivity contribution is 5.67. The first-order valence-electron chi connectivity index (χ1n) is 10.8. The number of carboxylic acid groups (broad SMARTS) is 3. The maximum atomic E-state index is 9.90. The van der Waals surface area contributed by atoms with Gasteiger partial charge in [0.1, 0.15) is 6.10 Å². The van der Waals surface area contributed by atoms with Crippen LogP contribution in [0.1, 0.15) is 39.5 Å². The summed E-state index contributed by atoms with van der Waals surface area (Å²) in [6.07, 6.45) is -0.0579. The van der Waals surface area contributed by atoms with Crippen LogP contribution in [-0.2, 0) is 14.4 Å². The Hall–Kier alpha value is -1.83. The summed E-state index contributed by atoms with van der Waals surface area (Å²) in [5.74, 6) is -3.99. The molecule has 3 heterocycles. The molecule has 0 amide bonds. The molecule has 0 radical (unpaired) electrons. The predicted molar refractivity (Wildman–Crippen MR) is 115 cm³/mol. The number of rotatable bonds is 11. The minimum absolute atomic E-state index is 0.144. The van der Waals surface area contributed by atoms with Gasteiger partial charge in [0, 0.05) is 65.3 Å². The molecule has 3 fully saturated rings. The lowest BCUT2D eigenvalue weighted by molar-refractivity contribution is -0.220. The van der Waals surface area contributed by atoms with E-state index in [9.17, 15) is 14.4 Å². The first kappa shape index (κ1) is 30.2. The SMILES string of the molecule is CCC(O)(O)C(C)O.O=C(O)CCN1CC1.O=C(O)CCN1CC1.O=C(O)CCN1CC1. The van der Waals surface area contributed by atoms with Gasteiger partial charge in [0.2, 0.25) is 0 Å². The van der Waals surface area contributed by atoms with E-state index in [0.717, 1.165) is 58.9 Å². The highest BCUT2D eigenvalue weighted by Crippen LogP contribution is 2.09. The molecule has 0 spiro atoms. The van der Waals surface area contributed by atoms with Gasteiger partial charge in [-0.3, -0.25) is 14.4 Å². The number of aliphatic hydroxyl groups excluding tert-OH is 1. The van der Waals surface area contributed by atoms with Crippen molar-refractivity contribution in [3.8, 4) is 0 Å². The third kappa shape index (κ3) is 21.4. The summed E-state index contributed by atoms with van der Waals surface area (Å²) < 4.78 is 0. The quantitative estimate of drug-likeness (QED) is 0.158. The van der Waals surface area contributed by atoms with E-state index in [1.807, 2.05) is 0 Å². The van der Waals surface area contributed by atoms with Crippen LogP contribution >= 0.6 is 0 Å². The van der Waals surface area contributed by atoms with E-state index in [1.165, 1.54) is 6.92 Å². The van der Waals surface area contributed by atoms with Crippen LogP contribution in [0.15, 0.2) is 0 Å². The third-order valence-corrected chi connectivity index (χ3v) is 4.73. The Balaban J connectivity index is 0.000000400. The Morgan fingerprint density at radius 1 is 0.719 bits per heavy atom. The van der Waals surface area contributed by atoms with Gasteiger partial charge in [-0.1, -0.05) is 6.92 Å². The fourth-order valence-electron chi connectivity index (χ4n) is 1.94. The van der Waals surface area contributed by atoms with Crippen molar-refractivity contribution in [1.82, 2.24) is 14.7 Å². The Morgan fingerprint density at radius 2 is 0.969 bits per heavy atom. The van der Waals surface area contributed by atoms with Crippen LogP contribution in [-0.4, -0.2) is 134 Å². The number of carboxylic acids is 3. The van der Waals surface area contributed by atoms with E-state index in [-0.39, 0.29) is 6.42 Å². The van der Waals surface area contributed by atoms with Crippen LogP contribution < -0.4 is 0 Å². The van der Waals surface area contributed by atoms with Crippen molar-refractivity contribution in [2.75, 3.05) is 58.9 Å². The molecule has 188 valence electrons. The smallest absolute Gasteiger partial charge is 0.304 e. The summed E-state index contributed by atoms with van der Waals surface area (Å²) in [6, 6.07) is 0. The van der Waals surface area contributed by atoms with E-state index in [1.54, 1.807) is 6.92 Å². The maximum Gasteiger partial charge on any atom is 0.304 e. The van der Waals surface area contributed by atoms with Crippen molar-refractivity contribution < 1.29 is 45.0 Å². The highest BCUT2D eigenvalue weighted by Gasteiger charge is 2.26. The van der Waals surface area contributed by atoms with E-state index in [0.29, 0.717) is 19.3 Å². The van der Waals surface area contributed by atoms with Crippen LogP contribution in [0.4, 0.5) is 0 Å². The topological polar surface area (TPSA) is 182 Å². The van der Waals surface area contributed by atoms with Gasteiger partial charge >= 0.3 is 17.9 Å². The van der Waals surface area contributed by atoms with Gasteiger partial charge in [0.05, 0.1) is 19.3 Å². The summed E-state index contributed by atoms with van der Waals surface area (Å²) in [5, 5.41) is 50.5. The molecule has 3 saturated heterocycles. The van der Waals surface area contributed by atoms with Gasteiger partial charge in [-0.05, 0) is 6.92 Å². The van der Waals surface area contributed by atoms with Crippen LogP contribution in [0.3, 0.4) is 0 Å². The average molecular weight is 466 g/mol. The van der Waals surface area contributed by atoms with Crippen molar-refractivity contribution >= 4 is 17.9 Å². The average Bonchev–Trinajstić information content (AvgIpc) is 3.58. The summed E-state index contributed by atoms with van der Waals surface area (Å²) in [4.78, 5) is 36.0. The molecule has 3 aliphatic heterocycles. The Bertz CT molecular complexity index is 499. The van der Waals surface area contributed by atoms with E-state index in [4.69, 9.17) is 30.6 Å². The molecule has 12 heteroatoms. The second kappa shape index (κ2) is 15.9. The lowest BCUT2D eigenvalue weighted by Gasteiger charge is -2.22. The predicted octanol–water partition coefficient (Wildman–Crippen LogP) is -1.21. The molecule has 12 nitrogen and oxygen atoms in total. The molecule has 0 bridgehead atoms. The molecule has 0 saturated carbocycles. The molecular weight excluding hydrogens is 426 g/mol. The zero-order valence-corrected chi connectivity index (χ0v) is 19.0. The summed E-state index contributed by atoms with van der Waals surface area (Å²) in [7, 11) is 0. The Morgan fingerprint density at radius 3 is 1.06 bits per heavy atom. The zero-order chi connectivity index (χ0) is 24.7. The number of hydrogen-bond acceptors (Lipinski definition) is 9. The van der Waals surface area contributed by atoms with Gasteiger partial charge in [0.15, 0.2) is 5.79 Å². The standard InChI is InChI=1S/3C5H9NO2.C5H12O3/c3*7-5(8)1-2-6-3-4-6;1-3-5(7,8)4(2)6/h3*1-4H2,(H,7,8);4,6-8H,3H2,1-2H3. The second-order valence-electron chi connectivity index (χ2n) is 7.86. The molecule has 6 N–H and O–H groups in total. The monoisotopic (exact) mass is 465 g/mol. The number of aliphatic hydroxyl groups is 3. The number of carbonyl (C=O) groups is 3. The molecule has 32 heavy (non-hydrogen) atoms. The molecule has 1 unspecified atom stereocenters. The van der Waals surface area contributed by atoms with Crippen LogP contribution in [0.2, 0.25) is 0 Å². The van der Waals surface area contributed by atoms with Crippen LogP contribution in [0.5, 0.6) is 0 Å². The first-order valence-corrected chi connectivity index (χ1v) is 10.8. The number of nitrogens with zero attached hydrogens (tertiary/aromatic N) is 3. The van der Waals surface area contributed by atoms with Crippen molar-refractivity contribution in [2.45, 2.75) is 51.4 Å². The van der Waals surface area contributed by atoms with Crippen LogP contribution in [0.25, 0.3) is 0 Å². The van der Waals surface area contributed by atoms with Gasteiger partial charge in [-0.2, -0.15) is 0 Å². The van der Waals surface area contributed by atoms with Crippen LogP contribution in [0, 0.1) is 0 Å². The summed E-state index contributed by atoms with van der Waals surface area (Å²) >= 11 is 0. The fourth-order valence-corrected chi connectivity index (χ4v) is 1.94. The van der Waals surface area contributed by atoms with Gasteiger partial charge in [0.25, 0.3) is 0 Å². The van der Waals surface area contributed by atoms with E-state index < -0.39 is 29.8 Å². The van der Waals surface area contributed by atoms with E-state index in [2.05, 4.69) is 14.7 Å². The van der Waals surface area contributed by atoms with Crippen molar-refractivity contribution in [1.29, 1.82) is 0 Å². The normalized spacial score (nSPS) is 17.9. The van der Waals surface area contributed by atoms with Crippen molar-refractivity contribution in [2.24, 2.45) is 0 Å².